The second kappa shape index (κ2) is 6.32. The molecule has 0 amide bonds. The van der Waals surface area contributed by atoms with E-state index in [4.69, 9.17) is 10.2 Å². The predicted molar refractivity (Wildman–Crippen MR) is 78.8 cm³/mol. The van der Waals surface area contributed by atoms with Crippen LogP contribution in [0.1, 0.15) is 26.6 Å². The molecule has 0 bridgehead atoms. The fraction of sp³-hybridized carbons (Fsp3) is 0.133. The van der Waals surface area contributed by atoms with Crippen molar-refractivity contribution in [3.05, 3.63) is 63.3 Å². The van der Waals surface area contributed by atoms with E-state index in [0.29, 0.717) is 12.5 Å². The second-order valence-electron chi connectivity index (χ2n) is 4.49. The van der Waals surface area contributed by atoms with Crippen molar-refractivity contribution in [2.45, 2.75) is 13.3 Å². The number of carboxylic acid groups (broad SMARTS) is 1. The monoisotopic (exact) mass is 303 g/mol. The lowest BCUT2D eigenvalue weighted by molar-refractivity contribution is -0.135. The fourth-order valence-corrected chi connectivity index (χ4v) is 2.46. The summed E-state index contributed by atoms with van der Waals surface area (Å²) >= 11 is 1.32. The summed E-state index contributed by atoms with van der Waals surface area (Å²) in [5.41, 5.74) is 2.39. The van der Waals surface area contributed by atoms with Gasteiger partial charge in [-0.25, -0.2) is 9.78 Å². The third kappa shape index (κ3) is 4.00. The van der Waals surface area contributed by atoms with Gasteiger partial charge < -0.3 is 10.2 Å². The van der Waals surface area contributed by atoms with E-state index in [1.54, 1.807) is 5.38 Å². The average molecular weight is 303 g/mol. The van der Waals surface area contributed by atoms with Crippen molar-refractivity contribution in [2.75, 3.05) is 0 Å². The van der Waals surface area contributed by atoms with E-state index in [0.717, 1.165) is 10.6 Å². The van der Waals surface area contributed by atoms with Crippen molar-refractivity contribution in [3.8, 4) is 0 Å². The fourth-order valence-electron chi connectivity index (χ4n) is 1.65. The first-order valence-corrected chi connectivity index (χ1v) is 7.02. The number of ketones is 1. The molecule has 2 aromatic rings. The summed E-state index contributed by atoms with van der Waals surface area (Å²) in [6.07, 6.45) is 1.26. The molecule has 1 aromatic carbocycles. The highest BCUT2D eigenvalue weighted by Gasteiger charge is 2.13. The molecule has 2 rings (SSSR count). The number of carbonyl (C=O) groups is 2. The van der Waals surface area contributed by atoms with Crippen molar-refractivity contribution in [1.82, 2.24) is 4.98 Å². The lowest BCUT2D eigenvalue weighted by Gasteiger charge is -1.98. The van der Waals surface area contributed by atoms with E-state index in [9.17, 15) is 9.59 Å². The quantitative estimate of drug-likeness (QED) is 0.504. The zero-order chi connectivity index (χ0) is 15.4. The van der Waals surface area contributed by atoms with Gasteiger partial charge in [-0.3, -0.25) is 4.79 Å². The number of aromatic nitrogens is 1. The first kappa shape index (κ1) is 14.9. The number of aliphatic hydroxyl groups excluding tert-OH is 1. The van der Waals surface area contributed by atoms with Crippen LogP contribution in [0.25, 0.3) is 0 Å². The molecule has 1 heterocycles. The van der Waals surface area contributed by atoms with Gasteiger partial charge >= 0.3 is 5.97 Å². The van der Waals surface area contributed by atoms with Crippen LogP contribution in [0.4, 0.5) is 0 Å². The summed E-state index contributed by atoms with van der Waals surface area (Å²) in [7, 11) is 0. The SMILES string of the molecule is Cc1ccc(Cc2nc(C(=O)C=C(O)C(=O)O)cs2)cc1. The number of allylic oxidation sites excluding steroid dienone is 1. The molecule has 108 valence electrons. The van der Waals surface area contributed by atoms with Crippen LogP contribution in [-0.4, -0.2) is 26.9 Å². The Morgan fingerprint density at radius 2 is 1.90 bits per heavy atom. The van der Waals surface area contributed by atoms with E-state index in [-0.39, 0.29) is 5.69 Å². The molecule has 0 spiro atoms. The van der Waals surface area contributed by atoms with Gasteiger partial charge in [0.15, 0.2) is 0 Å². The topological polar surface area (TPSA) is 87.5 Å². The molecule has 0 saturated carbocycles. The zero-order valence-electron chi connectivity index (χ0n) is 11.2. The predicted octanol–water partition coefficient (Wildman–Crippen LogP) is 2.75. The minimum Gasteiger partial charge on any atom is -0.502 e. The van der Waals surface area contributed by atoms with Gasteiger partial charge in [0.1, 0.15) is 5.69 Å². The Bertz CT molecular complexity index is 701. The molecule has 0 aliphatic rings. The Kier molecular flexibility index (Phi) is 4.49. The molecule has 5 nitrogen and oxygen atoms in total. The van der Waals surface area contributed by atoms with Crippen LogP contribution in [0.15, 0.2) is 41.5 Å². The Labute approximate surface area is 125 Å². The first-order valence-electron chi connectivity index (χ1n) is 6.14. The zero-order valence-corrected chi connectivity index (χ0v) is 12.1. The number of benzene rings is 1. The molecule has 21 heavy (non-hydrogen) atoms. The molecule has 0 aliphatic heterocycles. The lowest BCUT2D eigenvalue weighted by atomic mass is 10.1. The van der Waals surface area contributed by atoms with Crippen molar-refractivity contribution in [3.63, 3.8) is 0 Å². The van der Waals surface area contributed by atoms with Gasteiger partial charge in [-0.2, -0.15) is 0 Å². The minimum absolute atomic E-state index is 0.134. The summed E-state index contributed by atoms with van der Waals surface area (Å²) in [5, 5.41) is 19.9. The number of carboxylic acids is 1. The van der Waals surface area contributed by atoms with Crippen molar-refractivity contribution in [2.24, 2.45) is 0 Å². The number of hydrogen-bond acceptors (Lipinski definition) is 5. The maximum Gasteiger partial charge on any atom is 0.371 e. The molecule has 0 unspecified atom stereocenters. The molecular formula is C15H13NO4S. The number of aliphatic hydroxyl groups is 1. The maximum absolute atomic E-state index is 11.7. The molecule has 0 aliphatic carbocycles. The molecule has 0 saturated heterocycles. The highest BCUT2D eigenvalue weighted by atomic mass is 32.1. The number of carbonyl (C=O) groups excluding carboxylic acids is 1. The molecule has 1 aromatic heterocycles. The van der Waals surface area contributed by atoms with Crippen LogP contribution >= 0.6 is 11.3 Å². The van der Waals surface area contributed by atoms with E-state index < -0.39 is 17.5 Å². The summed E-state index contributed by atoms with van der Waals surface area (Å²) in [6.45, 7) is 2.01. The molecule has 0 fully saturated rings. The highest BCUT2D eigenvalue weighted by Crippen LogP contribution is 2.16. The standard InChI is InChI=1S/C15H13NO4S/c1-9-2-4-10(5-3-9)6-14-16-11(8-21-14)12(17)7-13(18)15(19)20/h2-5,7-8,18H,6H2,1H3,(H,19,20). The van der Waals surface area contributed by atoms with Crippen LogP contribution in [0.2, 0.25) is 0 Å². The molecule has 6 heteroatoms. The lowest BCUT2D eigenvalue weighted by Crippen LogP contribution is -2.04. The summed E-state index contributed by atoms with van der Waals surface area (Å²) < 4.78 is 0. The Balaban J connectivity index is 2.11. The van der Waals surface area contributed by atoms with Gasteiger partial charge in [-0.05, 0) is 12.5 Å². The van der Waals surface area contributed by atoms with E-state index in [1.807, 2.05) is 31.2 Å². The Morgan fingerprint density at radius 1 is 1.24 bits per heavy atom. The van der Waals surface area contributed by atoms with Gasteiger partial charge in [-0.1, -0.05) is 29.8 Å². The summed E-state index contributed by atoms with van der Waals surface area (Å²) in [6, 6.07) is 7.99. The van der Waals surface area contributed by atoms with Gasteiger partial charge in [0.05, 0.1) is 5.01 Å². The normalized spacial score (nSPS) is 11.4. The molecule has 0 radical (unpaired) electrons. The van der Waals surface area contributed by atoms with E-state index in [1.165, 1.54) is 16.9 Å². The third-order valence-corrected chi connectivity index (χ3v) is 3.62. The van der Waals surface area contributed by atoms with Crippen molar-refractivity contribution < 1.29 is 19.8 Å². The van der Waals surface area contributed by atoms with Crippen LogP contribution in [-0.2, 0) is 11.2 Å². The van der Waals surface area contributed by atoms with Gasteiger partial charge in [-0.15, -0.1) is 11.3 Å². The Morgan fingerprint density at radius 3 is 2.52 bits per heavy atom. The molecular weight excluding hydrogens is 290 g/mol. The number of nitrogens with zero attached hydrogens (tertiary/aromatic N) is 1. The van der Waals surface area contributed by atoms with Gasteiger partial charge in [0.25, 0.3) is 0 Å². The average Bonchev–Trinajstić information content (AvgIpc) is 2.90. The highest BCUT2D eigenvalue weighted by molar-refractivity contribution is 7.09. The van der Waals surface area contributed by atoms with Crippen molar-refractivity contribution >= 4 is 23.1 Å². The van der Waals surface area contributed by atoms with E-state index >= 15 is 0 Å². The second-order valence-corrected chi connectivity index (χ2v) is 5.43. The first-order chi connectivity index (χ1) is 9.95. The molecule has 2 N–H and O–H groups in total. The van der Waals surface area contributed by atoms with Gasteiger partial charge in [0, 0.05) is 17.9 Å². The Hall–Kier alpha value is -2.47. The number of hydrogen-bond donors (Lipinski definition) is 2. The summed E-state index contributed by atoms with van der Waals surface area (Å²) in [5.74, 6) is -3.16. The largest absolute Gasteiger partial charge is 0.502 e. The number of thiazole rings is 1. The van der Waals surface area contributed by atoms with Crippen molar-refractivity contribution in [1.29, 1.82) is 0 Å². The minimum atomic E-state index is -1.54. The van der Waals surface area contributed by atoms with Gasteiger partial charge in [0.2, 0.25) is 11.5 Å². The maximum atomic E-state index is 11.7. The van der Waals surface area contributed by atoms with Crippen LogP contribution in [0.5, 0.6) is 0 Å². The summed E-state index contributed by atoms with van der Waals surface area (Å²) in [4.78, 5) is 26.3. The molecule has 0 atom stereocenters. The third-order valence-electron chi connectivity index (χ3n) is 2.77. The number of aliphatic carboxylic acids is 1. The van der Waals surface area contributed by atoms with Crippen LogP contribution in [0.3, 0.4) is 0 Å². The number of rotatable bonds is 5. The van der Waals surface area contributed by atoms with E-state index in [2.05, 4.69) is 4.98 Å². The smallest absolute Gasteiger partial charge is 0.371 e. The van der Waals surface area contributed by atoms with Crippen LogP contribution in [0, 0.1) is 6.92 Å². The number of aryl methyl sites for hydroxylation is 1. The van der Waals surface area contributed by atoms with Crippen LogP contribution < -0.4 is 0 Å².